The predicted octanol–water partition coefficient (Wildman–Crippen LogP) is -0.648. The Morgan fingerprint density at radius 3 is 1.70 bits per heavy atom. The normalized spacial score (nSPS) is 12.7. The molecule has 0 rings (SSSR count). The van der Waals surface area contributed by atoms with Gasteiger partial charge in [0.15, 0.2) is 6.29 Å². The minimum atomic E-state index is -1.48. The maximum absolute atomic E-state index is 8.17. The molecule has 68 valence electrons. The van der Waals surface area contributed by atoms with Crippen LogP contribution in [0.2, 0.25) is 0 Å². The molecule has 0 aromatic heterocycles. The van der Waals surface area contributed by atoms with E-state index in [9.17, 15) is 0 Å². The van der Waals surface area contributed by atoms with Crippen molar-refractivity contribution in [1.82, 2.24) is 0 Å². The summed E-state index contributed by atoms with van der Waals surface area (Å²) >= 11 is 5.30. The van der Waals surface area contributed by atoms with E-state index >= 15 is 0 Å². The number of nitrogens with two attached hydrogens (primary N) is 2. The molecule has 1 unspecified atom stereocenters. The van der Waals surface area contributed by atoms with Crippen LogP contribution >= 0.6 is 38.7 Å². The van der Waals surface area contributed by atoms with Crippen LogP contribution in [-0.2, 0) is 11.2 Å². The van der Waals surface area contributed by atoms with Crippen LogP contribution in [0.4, 0.5) is 0 Å². The Kier molecular flexibility index (Phi) is 15.9. The van der Waals surface area contributed by atoms with E-state index in [1.807, 2.05) is 0 Å². The van der Waals surface area contributed by atoms with Crippen molar-refractivity contribution in [2.75, 3.05) is 6.54 Å². The van der Waals surface area contributed by atoms with Crippen molar-refractivity contribution < 1.29 is 21.4 Å². The van der Waals surface area contributed by atoms with Crippen molar-refractivity contribution in [3.63, 3.8) is 0 Å². The fourth-order valence-corrected chi connectivity index (χ4v) is 0.122. The van der Waals surface area contributed by atoms with Gasteiger partial charge in [-0.1, -0.05) is 0 Å². The Morgan fingerprint density at radius 1 is 1.40 bits per heavy atom. The molecular formula is C3H10I2N2O2Pt. The van der Waals surface area contributed by atoms with Crippen LogP contribution in [-0.4, -0.2) is 29.1 Å². The van der Waals surface area contributed by atoms with Gasteiger partial charge in [0, 0.05) is 6.54 Å². The first-order chi connectivity index (χ1) is 4.59. The summed E-state index contributed by atoms with van der Waals surface area (Å²) in [5.41, 5.74) is 9.92. The standard InChI is InChI=1S/C3H10N2O2.2HI.Pt/c4-1-2(5)3(6)7;;;/h2-3,6-7H,1,4-5H2;2*1H;/q;;;+2/p-2. The monoisotopic (exact) mass is 555 g/mol. The average molecular weight is 555 g/mol. The Hall–Kier alpha value is 1.99. The van der Waals surface area contributed by atoms with Crippen LogP contribution in [0.25, 0.3) is 0 Å². The van der Waals surface area contributed by atoms with Crippen LogP contribution in [0, 0.1) is 0 Å². The zero-order valence-electron chi connectivity index (χ0n) is 4.98. The molecule has 0 aliphatic rings. The third-order valence-corrected chi connectivity index (χ3v) is 0.655. The van der Waals surface area contributed by atoms with Crippen LogP contribution in [0.5, 0.6) is 0 Å². The second-order valence-corrected chi connectivity index (χ2v) is 18.0. The van der Waals surface area contributed by atoms with Crippen molar-refractivity contribution >= 4 is 38.7 Å². The molecule has 0 aromatic rings. The third kappa shape index (κ3) is 12.6. The number of rotatable bonds is 2. The Morgan fingerprint density at radius 2 is 1.70 bits per heavy atom. The van der Waals surface area contributed by atoms with Crippen LogP contribution < -0.4 is 11.5 Å². The molecule has 0 spiro atoms. The Bertz CT molecular complexity index is 68.5. The van der Waals surface area contributed by atoms with Crippen molar-refractivity contribution in [3.8, 4) is 0 Å². The fraction of sp³-hybridized carbons (Fsp3) is 1.00. The van der Waals surface area contributed by atoms with Gasteiger partial charge in [-0.2, -0.15) is 0 Å². The summed E-state index contributed by atoms with van der Waals surface area (Å²) < 4.78 is 0. The zero-order chi connectivity index (χ0) is 8.57. The number of halogens is 2. The summed E-state index contributed by atoms with van der Waals surface area (Å²) in [5.74, 6) is 0. The van der Waals surface area contributed by atoms with E-state index in [0.29, 0.717) is 11.2 Å². The van der Waals surface area contributed by atoms with Gasteiger partial charge in [0.1, 0.15) is 0 Å². The van der Waals surface area contributed by atoms with E-state index in [2.05, 4.69) is 38.7 Å². The van der Waals surface area contributed by atoms with Crippen molar-refractivity contribution in [2.45, 2.75) is 12.3 Å². The average Bonchev–Trinajstić information content (AvgIpc) is 1.88. The Labute approximate surface area is 89.3 Å². The second kappa shape index (κ2) is 11.0. The predicted molar refractivity (Wildman–Crippen MR) is 53.3 cm³/mol. The summed E-state index contributed by atoms with van der Waals surface area (Å²) in [7, 11) is 0. The molecule has 0 aliphatic carbocycles. The molecular weight excluding hydrogens is 545 g/mol. The van der Waals surface area contributed by atoms with E-state index in [-0.39, 0.29) is 6.54 Å². The quantitative estimate of drug-likeness (QED) is 0.270. The van der Waals surface area contributed by atoms with E-state index in [1.54, 1.807) is 0 Å². The van der Waals surface area contributed by atoms with E-state index in [1.165, 1.54) is 0 Å². The van der Waals surface area contributed by atoms with Gasteiger partial charge in [0.05, 0.1) is 6.04 Å². The van der Waals surface area contributed by atoms with Gasteiger partial charge in [-0.3, -0.25) is 0 Å². The van der Waals surface area contributed by atoms with Crippen LogP contribution in [0.3, 0.4) is 0 Å². The summed E-state index contributed by atoms with van der Waals surface area (Å²) in [5, 5.41) is 16.3. The Balaban J connectivity index is 0. The topological polar surface area (TPSA) is 92.5 Å². The molecule has 0 fully saturated rings. The molecule has 0 bridgehead atoms. The van der Waals surface area contributed by atoms with Crippen LogP contribution in [0.1, 0.15) is 0 Å². The maximum atomic E-state index is 8.17. The minimum absolute atomic E-state index is 0.0949. The third-order valence-electron chi connectivity index (χ3n) is 0.655. The number of aliphatic hydroxyl groups excluding tert-OH is 1. The van der Waals surface area contributed by atoms with Crippen molar-refractivity contribution in [1.29, 1.82) is 0 Å². The SMILES string of the molecule is NCC(N)C(O)O.[I][Pt][I]. The van der Waals surface area contributed by atoms with Gasteiger partial charge in [0.2, 0.25) is 0 Å². The second-order valence-electron chi connectivity index (χ2n) is 1.36. The molecule has 6 N–H and O–H groups in total. The first-order valence-electron chi connectivity index (χ1n) is 2.24. The first-order valence-corrected chi connectivity index (χ1v) is 15.1. The summed E-state index contributed by atoms with van der Waals surface area (Å²) in [6, 6.07) is -0.708. The van der Waals surface area contributed by atoms with Crippen molar-refractivity contribution in [2.24, 2.45) is 11.5 Å². The van der Waals surface area contributed by atoms with Crippen molar-refractivity contribution in [3.05, 3.63) is 0 Å². The summed E-state index contributed by atoms with van der Waals surface area (Å²) in [6.07, 6.45) is -1.48. The van der Waals surface area contributed by atoms with E-state index in [0.717, 1.165) is 0 Å². The van der Waals surface area contributed by atoms with Gasteiger partial charge < -0.3 is 21.7 Å². The molecule has 0 aliphatic heterocycles. The molecule has 0 aromatic carbocycles. The number of hydrogen-bond acceptors (Lipinski definition) is 4. The number of hydrogen-bond donors (Lipinski definition) is 4. The van der Waals surface area contributed by atoms with Gasteiger partial charge in [-0.15, -0.1) is 0 Å². The molecule has 4 nitrogen and oxygen atoms in total. The molecule has 0 heterocycles. The molecule has 1 atom stereocenters. The molecule has 10 heavy (non-hydrogen) atoms. The van der Waals surface area contributed by atoms with Gasteiger partial charge in [-0.05, 0) is 0 Å². The molecule has 0 saturated carbocycles. The van der Waals surface area contributed by atoms with Gasteiger partial charge in [0.25, 0.3) is 0 Å². The fourth-order valence-electron chi connectivity index (χ4n) is 0.122. The van der Waals surface area contributed by atoms with E-state index in [4.69, 9.17) is 21.7 Å². The molecule has 7 heteroatoms. The molecule has 0 radical (unpaired) electrons. The molecule has 0 saturated heterocycles. The van der Waals surface area contributed by atoms with Gasteiger partial charge in [-0.25, -0.2) is 0 Å². The van der Waals surface area contributed by atoms with Crippen LogP contribution in [0.15, 0.2) is 0 Å². The summed E-state index contributed by atoms with van der Waals surface area (Å²) in [6.45, 7) is 0.0949. The van der Waals surface area contributed by atoms with E-state index < -0.39 is 12.3 Å². The van der Waals surface area contributed by atoms with Gasteiger partial charge >= 0.3 is 49.9 Å². The first kappa shape index (κ1) is 14.5. The summed E-state index contributed by atoms with van der Waals surface area (Å²) in [4.78, 5) is 0. The number of aliphatic hydroxyl groups is 2. The molecule has 0 amide bonds. The zero-order valence-corrected chi connectivity index (χ0v) is 11.6.